The predicted octanol–water partition coefficient (Wildman–Crippen LogP) is 0.312. The fourth-order valence-electron chi connectivity index (χ4n) is 3.61. The average Bonchev–Trinajstić information content (AvgIpc) is 3.05. The Bertz CT molecular complexity index is 721. The number of nitrogens with zero attached hydrogens (tertiary/aromatic N) is 4. The lowest BCUT2D eigenvalue weighted by Gasteiger charge is -2.46. The van der Waals surface area contributed by atoms with Crippen LogP contribution in [0.2, 0.25) is 0 Å². The van der Waals surface area contributed by atoms with Crippen LogP contribution in [0.25, 0.3) is 10.3 Å². The van der Waals surface area contributed by atoms with Crippen molar-refractivity contribution in [3.8, 4) is 0 Å². The van der Waals surface area contributed by atoms with Gasteiger partial charge in [-0.15, -0.1) is 11.3 Å². The van der Waals surface area contributed by atoms with Crippen LogP contribution in [0.3, 0.4) is 0 Å². The van der Waals surface area contributed by atoms with Gasteiger partial charge in [-0.2, -0.15) is 0 Å². The molecule has 4 heterocycles. The minimum Gasteiger partial charge on any atom is -0.465 e. The van der Waals surface area contributed by atoms with E-state index in [1.165, 1.54) is 22.6 Å². The third-order valence-electron chi connectivity index (χ3n) is 4.49. The Morgan fingerprint density at radius 1 is 1.52 bits per heavy atom. The van der Waals surface area contributed by atoms with E-state index in [2.05, 4.69) is 20.3 Å². The van der Waals surface area contributed by atoms with Crippen molar-refractivity contribution in [2.45, 2.75) is 30.6 Å². The summed E-state index contributed by atoms with van der Waals surface area (Å²) in [4.78, 5) is 26.9. The number of hydrogen-bond donors (Lipinski definition) is 3. The molecular formula is C12H14N6O2S. The summed E-state index contributed by atoms with van der Waals surface area (Å²) in [6.07, 6.45) is 1.40. The van der Waals surface area contributed by atoms with Gasteiger partial charge in [0.05, 0.1) is 17.4 Å². The van der Waals surface area contributed by atoms with Crippen LogP contribution < -0.4 is 11.1 Å². The first kappa shape index (κ1) is 12.9. The summed E-state index contributed by atoms with van der Waals surface area (Å²) >= 11 is 1.41. The van der Waals surface area contributed by atoms with Gasteiger partial charge in [-0.05, 0) is 12.8 Å². The second-order valence-corrected chi connectivity index (χ2v) is 6.22. The Hall–Kier alpha value is -1.84. The van der Waals surface area contributed by atoms with E-state index in [4.69, 9.17) is 5.73 Å². The highest BCUT2D eigenvalue weighted by Gasteiger charge is 2.58. The van der Waals surface area contributed by atoms with Crippen LogP contribution in [0.1, 0.15) is 18.5 Å². The standard InChI is InChI=1S/C12H14N6O2S/c13-10-12(2-1-6(3-14-10)18(12)11(19)20)8-7-9(16-4-15-8)21-5-17-7/h4-6,10,14H,1-3,13H2,(H,19,20). The molecule has 2 fully saturated rings. The topological polar surface area (TPSA) is 117 Å². The molecule has 3 unspecified atom stereocenters. The lowest BCUT2D eigenvalue weighted by Crippen LogP contribution is -2.69. The number of fused-ring (bicyclic) bond motifs is 3. The van der Waals surface area contributed by atoms with E-state index in [1.54, 1.807) is 5.51 Å². The van der Waals surface area contributed by atoms with Crippen LogP contribution in [-0.2, 0) is 5.54 Å². The minimum absolute atomic E-state index is 0.0778. The predicted molar refractivity (Wildman–Crippen MR) is 75.8 cm³/mol. The molecule has 21 heavy (non-hydrogen) atoms. The van der Waals surface area contributed by atoms with Gasteiger partial charge < -0.3 is 10.8 Å². The SMILES string of the molecule is NC1NCC2CCC1(c1ncnc3scnc13)N2C(=O)O. The van der Waals surface area contributed by atoms with Crippen LogP contribution in [0, 0.1) is 0 Å². The maximum absolute atomic E-state index is 11.8. The molecule has 0 aromatic carbocycles. The first-order chi connectivity index (χ1) is 10.1. The molecule has 0 radical (unpaired) electrons. The molecule has 1 amide bonds. The lowest BCUT2D eigenvalue weighted by molar-refractivity contribution is 0.0301. The Kier molecular flexibility index (Phi) is 2.65. The summed E-state index contributed by atoms with van der Waals surface area (Å²) in [5.74, 6) is 0. The van der Waals surface area contributed by atoms with Crippen molar-refractivity contribution < 1.29 is 9.90 Å². The molecule has 2 aliphatic heterocycles. The first-order valence-electron chi connectivity index (χ1n) is 6.70. The van der Waals surface area contributed by atoms with Gasteiger partial charge in [0.25, 0.3) is 0 Å². The zero-order chi connectivity index (χ0) is 14.6. The van der Waals surface area contributed by atoms with Gasteiger partial charge in [0, 0.05) is 12.6 Å². The number of hydrogen-bond acceptors (Lipinski definition) is 7. The Labute approximate surface area is 124 Å². The number of carbonyl (C=O) groups is 1. The summed E-state index contributed by atoms with van der Waals surface area (Å²) in [6, 6.07) is -0.0778. The monoisotopic (exact) mass is 306 g/mol. The van der Waals surface area contributed by atoms with Crippen molar-refractivity contribution in [3.63, 3.8) is 0 Å². The van der Waals surface area contributed by atoms with Crippen molar-refractivity contribution in [3.05, 3.63) is 17.5 Å². The zero-order valence-corrected chi connectivity index (χ0v) is 11.9. The number of aromatic nitrogens is 3. The molecule has 4 N–H and O–H groups in total. The Balaban J connectivity index is 1.98. The van der Waals surface area contributed by atoms with Crippen molar-refractivity contribution in [2.75, 3.05) is 6.54 Å². The maximum atomic E-state index is 11.8. The highest BCUT2D eigenvalue weighted by molar-refractivity contribution is 7.16. The number of rotatable bonds is 1. The van der Waals surface area contributed by atoms with Gasteiger partial charge >= 0.3 is 6.09 Å². The van der Waals surface area contributed by atoms with Crippen LogP contribution in [0.5, 0.6) is 0 Å². The largest absolute Gasteiger partial charge is 0.465 e. The highest BCUT2D eigenvalue weighted by Crippen LogP contribution is 2.46. The van der Waals surface area contributed by atoms with Crippen LogP contribution in [0.15, 0.2) is 11.8 Å². The number of amides is 1. The maximum Gasteiger partial charge on any atom is 0.408 e. The van der Waals surface area contributed by atoms with Crippen molar-refractivity contribution in [2.24, 2.45) is 5.73 Å². The second kappa shape index (κ2) is 4.33. The summed E-state index contributed by atoms with van der Waals surface area (Å²) in [7, 11) is 0. The summed E-state index contributed by atoms with van der Waals surface area (Å²) < 4.78 is 0. The number of piperazine rings is 1. The fourth-order valence-corrected chi connectivity index (χ4v) is 4.24. The average molecular weight is 306 g/mol. The molecule has 110 valence electrons. The van der Waals surface area contributed by atoms with E-state index in [9.17, 15) is 9.90 Å². The summed E-state index contributed by atoms with van der Waals surface area (Å²) in [5, 5.41) is 12.9. The van der Waals surface area contributed by atoms with E-state index < -0.39 is 17.8 Å². The number of nitrogens with two attached hydrogens (primary N) is 1. The quantitative estimate of drug-likeness (QED) is 0.694. The molecule has 0 saturated carbocycles. The van der Waals surface area contributed by atoms with E-state index in [0.717, 1.165) is 11.3 Å². The van der Waals surface area contributed by atoms with Gasteiger partial charge in [-0.3, -0.25) is 10.2 Å². The molecule has 0 spiro atoms. The number of thiazole rings is 1. The van der Waals surface area contributed by atoms with Crippen molar-refractivity contribution >= 4 is 27.8 Å². The molecule has 4 rings (SSSR count). The summed E-state index contributed by atoms with van der Waals surface area (Å²) in [6.45, 7) is 0.570. The molecule has 2 saturated heterocycles. The van der Waals surface area contributed by atoms with Crippen molar-refractivity contribution in [1.82, 2.24) is 25.2 Å². The molecule has 3 atom stereocenters. The molecule has 2 aromatic heterocycles. The molecule has 0 aliphatic carbocycles. The van der Waals surface area contributed by atoms with E-state index >= 15 is 0 Å². The first-order valence-corrected chi connectivity index (χ1v) is 7.58. The Morgan fingerprint density at radius 3 is 3.19 bits per heavy atom. The molecule has 9 heteroatoms. The molecule has 2 aliphatic rings. The van der Waals surface area contributed by atoms with E-state index in [1.807, 2.05) is 0 Å². The fraction of sp³-hybridized carbons (Fsp3) is 0.500. The third kappa shape index (κ3) is 1.56. The smallest absolute Gasteiger partial charge is 0.408 e. The van der Waals surface area contributed by atoms with Crippen LogP contribution in [-0.4, -0.2) is 49.8 Å². The van der Waals surface area contributed by atoms with Crippen molar-refractivity contribution in [1.29, 1.82) is 0 Å². The minimum atomic E-state index is -0.962. The third-order valence-corrected chi connectivity index (χ3v) is 5.23. The van der Waals surface area contributed by atoms with Gasteiger partial charge in [-0.25, -0.2) is 19.7 Å². The second-order valence-electron chi connectivity index (χ2n) is 5.38. The van der Waals surface area contributed by atoms with Gasteiger partial charge in [0.15, 0.2) is 0 Å². The molecule has 2 bridgehead atoms. The summed E-state index contributed by atoms with van der Waals surface area (Å²) in [5.41, 5.74) is 8.35. The number of carboxylic acid groups (broad SMARTS) is 1. The van der Waals surface area contributed by atoms with Gasteiger partial charge in [0.2, 0.25) is 0 Å². The van der Waals surface area contributed by atoms with Crippen LogP contribution in [0.4, 0.5) is 4.79 Å². The van der Waals surface area contributed by atoms with Gasteiger partial charge in [-0.1, -0.05) is 0 Å². The number of nitrogens with one attached hydrogen (secondary N) is 1. The van der Waals surface area contributed by atoms with E-state index in [0.29, 0.717) is 24.2 Å². The van der Waals surface area contributed by atoms with Gasteiger partial charge in [0.1, 0.15) is 22.2 Å². The zero-order valence-electron chi connectivity index (χ0n) is 11.1. The molecular weight excluding hydrogens is 292 g/mol. The highest BCUT2D eigenvalue weighted by atomic mass is 32.1. The Morgan fingerprint density at radius 2 is 2.38 bits per heavy atom. The van der Waals surface area contributed by atoms with Crippen LogP contribution >= 0.6 is 11.3 Å². The normalized spacial score (nSPS) is 31.8. The molecule has 8 nitrogen and oxygen atoms in total. The lowest BCUT2D eigenvalue weighted by atomic mass is 9.87. The van der Waals surface area contributed by atoms with E-state index in [-0.39, 0.29) is 6.04 Å². The molecule has 2 aromatic rings.